The molecule has 1 rings (SSSR count). The predicted molar refractivity (Wildman–Crippen MR) is 56.9 cm³/mol. The zero-order valence-electron chi connectivity index (χ0n) is 9.63. The quantitative estimate of drug-likeness (QED) is 0.684. The molecule has 1 aliphatic heterocycles. The molecule has 1 N–H and O–H groups in total. The van der Waals surface area contributed by atoms with Gasteiger partial charge in [0.15, 0.2) is 0 Å². The fourth-order valence-electron chi connectivity index (χ4n) is 1.19. The summed E-state index contributed by atoms with van der Waals surface area (Å²) < 4.78 is 11.4. The second kappa shape index (κ2) is 3.37. The van der Waals surface area contributed by atoms with Crippen molar-refractivity contribution in [1.29, 1.82) is 0 Å². The average molecular weight is 198 g/mol. The highest BCUT2D eigenvalue weighted by atomic mass is 16.7. The number of hydrogen-bond acceptors (Lipinski definition) is 3. The first-order chi connectivity index (χ1) is 6.17. The zero-order valence-corrected chi connectivity index (χ0v) is 9.63. The maximum absolute atomic E-state index is 9.36. The summed E-state index contributed by atoms with van der Waals surface area (Å²) in [5.41, 5.74) is -0.158. The Morgan fingerprint density at radius 2 is 1.57 bits per heavy atom. The molecule has 80 valence electrons. The molecule has 1 fully saturated rings. The van der Waals surface area contributed by atoms with Gasteiger partial charge in [-0.05, 0) is 40.1 Å². The topological polar surface area (TPSA) is 38.7 Å². The number of aliphatic hydroxyl groups is 1. The van der Waals surface area contributed by atoms with Gasteiger partial charge in [0.1, 0.15) is 0 Å². The van der Waals surface area contributed by atoms with Gasteiger partial charge in [-0.2, -0.15) is 0 Å². The number of hydrogen-bond donors (Lipinski definition) is 1. The minimum Gasteiger partial charge on any atom is -0.400 e. The largest absolute Gasteiger partial charge is 0.492 e. The fourth-order valence-corrected chi connectivity index (χ4v) is 1.19. The van der Waals surface area contributed by atoms with Gasteiger partial charge in [0.05, 0.1) is 17.3 Å². The van der Waals surface area contributed by atoms with Crippen molar-refractivity contribution in [3.8, 4) is 0 Å². The minimum absolute atomic E-state index is 0.366. The Labute approximate surface area is 86.2 Å². The number of rotatable bonds is 2. The van der Waals surface area contributed by atoms with Crippen molar-refractivity contribution in [3.63, 3.8) is 0 Å². The van der Waals surface area contributed by atoms with Crippen molar-refractivity contribution >= 4 is 7.12 Å². The van der Waals surface area contributed by atoms with E-state index in [9.17, 15) is 5.11 Å². The van der Waals surface area contributed by atoms with Gasteiger partial charge in [0.2, 0.25) is 0 Å². The van der Waals surface area contributed by atoms with E-state index in [1.807, 2.05) is 27.7 Å². The molecule has 14 heavy (non-hydrogen) atoms. The summed E-state index contributed by atoms with van der Waals surface area (Å²) >= 11 is 0. The van der Waals surface area contributed by atoms with Crippen molar-refractivity contribution in [2.75, 3.05) is 0 Å². The second-order valence-electron chi connectivity index (χ2n) is 4.84. The first-order valence-corrected chi connectivity index (χ1v) is 4.90. The van der Waals surface area contributed by atoms with Crippen LogP contribution in [0, 0.1) is 0 Å². The van der Waals surface area contributed by atoms with Gasteiger partial charge >= 0.3 is 7.12 Å². The maximum Gasteiger partial charge on any atom is 0.492 e. The summed E-state index contributed by atoms with van der Waals surface area (Å²) in [6.07, 6.45) is -0.607. The lowest BCUT2D eigenvalue weighted by Gasteiger charge is -2.32. The average Bonchev–Trinajstić information content (AvgIpc) is 2.20. The zero-order chi connectivity index (χ0) is 11.1. The molecule has 1 aliphatic rings. The molecule has 4 heteroatoms. The predicted octanol–water partition coefficient (Wildman–Crippen LogP) is 1.55. The van der Waals surface area contributed by atoms with Crippen LogP contribution in [0.1, 0.15) is 34.6 Å². The van der Waals surface area contributed by atoms with Gasteiger partial charge in [-0.1, -0.05) is 0 Å². The fraction of sp³-hybridized carbons (Fsp3) is 0.800. The molecule has 1 atom stereocenters. The van der Waals surface area contributed by atoms with E-state index >= 15 is 0 Å². The van der Waals surface area contributed by atoms with Crippen molar-refractivity contribution in [1.82, 2.24) is 0 Å². The standard InChI is InChI=1S/C10H19BO3/c1-7(8(2)12)11-13-9(3,4)10(5,6)14-11/h8,12H,1H2,2-6H3. The van der Waals surface area contributed by atoms with E-state index in [1.54, 1.807) is 6.92 Å². The lowest BCUT2D eigenvalue weighted by atomic mass is 9.76. The van der Waals surface area contributed by atoms with E-state index in [4.69, 9.17) is 9.31 Å². The van der Waals surface area contributed by atoms with Gasteiger partial charge in [0.25, 0.3) is 0 Å². The Hall–Kier alpha value is -0.315. The SMILES string of the molecule is C=C(B1OC(C)(C)C(C)(C)O1)C(C)O. The summed E-state index contributed by atoms with van der Waals surface area (Å²) in [4.78, 5) is 0. The smallest absolute Gasteiger partial charge is 0.400 e. The van der Waals surface area contributed by atoms with Crippen molar-refractivity contribution in [3.05, 3.63) is 12.1 Å². The van der Waals surface area contributed by atoms with Gasteiger partial charge < -0.3 is 14.4 Å². The molecule has 0 amide bonds. The van der Waals surface area contributed by atoms with Crippen LogP contribution in [-0.2, 0) is 9.31 Å². The van der Waals surface area contributed by atoms with E-state index in [0.717, 1.165) is 0 Å². The van der Waals surface area contributed by atoms with Crippen LogP contribution in [0.15, 0.2) is 12.1 Å². The van der Waals surface area contributed by atoms with Crippen LogP contribution in [0.25, 0.3) is 0 Å². The molecule has 0 spiro atoms. The Kier molecular flexibility index (Phi) is 2.83. The Morgan fingerprint density at radius 3 is 1.86 bits per heavy atom. The molecule has 1 saturated heterocycles. The van der Waals surface area contributed by atoms with E-state index in [-0.39, 0.29) is 11.2 Å². The first kappa shape index (κ1) is 11.8. The molecular formula is C10H19BO3. The monoisotopic (exact) mass is 198 g/mol. The van der Waals surface area contributed by atoms with Crippen LogP contribution in [0.4, 0.5) is 0 Å². The van der Waals surface area contributed by atoms with E-state index in [2.05, 4.69) is 6.58 Å². The molecule has 0 aliphatic carbocycles. The maximum atomic E-state index is 9.36. The van der Waals surface area contributed by atoms with Gasteiger partial charge in [0, 0.05) is 0 Å². The van der Waals surface area contributed by atoms with Crippen LogP contribution in [0.2, 0.25) is 0 Å². The number of aliphatic hydroxyl groups excluding tert-OH is 1. The van der Waals surface area contributed by atoms with Gasteiger partial charge in [-0.3, -0.25) is 0 Å². The third-order valence-electron chi connectivity index (χ3n) is 3.09. The van der Waals surface area contributed by atoms with E-state index in [1.165, 1.54) is 0 Å². The molecule has 0 aromatic carbocycles. The van der Waals surface area contributed by atoms with Crippen LogP contribution >= 0.6 is 0 Å². The summed E-state index contributed by atoms with van der Waals surface area (Å²) in [7, 11) is -0.500. The molecule has 0 aromatic rings. The second-order valence-corrected chi connectivity index (χ2v) is 4.84. The summed E-state index contributed by atoms with van der Waals surface area (Å²) in [5.74, 6) is 0. The Balaban J connectivity index is 2.78. The van der Waals surface area contributed by atoms with Gasteiger partial charge in [-0.25, -0.2) is 0 Å². The highest BCUT2D eigenvalue weighted by Crippen LogP contribution is 2.38. The summed E-state index contributed by atoms with van der Waals surface area (Å²) in [6.45, 7) is 13.3. The highest BCUT2D eigenvalue weighted by molar-refractivity contribution is 6.54. The normalized spacial score (nSPS) is 26.3. The first-order valence-electron chi connectivity index (χ1n) is 4.90. The lowest BCUT2D eigenvalue weighted by Crippen LogP contribution is -2.41. The van der Waals surface area contributed by atoms with Gasteiger partial charge in [-0.15, -0.1) is 6.58 Å². The van der Waals surface area contributed by atoms with E-state index in [0.29, 0.717) is 5.47 Å². The Bertz CT molecular complexity index is 230. The highest BCUT2D eigenvalue weighted by Gasteiger charge is 2.52. The Morgan fingerprint density at radius 1 is 1.21 bits per heavy atom. The van der Waals surface area contributed by atoms with E-state index < -0.39 is 13.2 Å². The van der Waals surface area contributed by atoms with Crippen LogP contribution < -0.4 is 0 Å². The third kappa shape index (κ3) is 1.87. The third-order valence-corrected chi connectivity index (χ3v) is 3.09. The van der Waals surface area contributed by atoms with Crippen LogP contribution in [0.3, 0.4) is 0 Å². The van der Waals surface area contributed by atoms with Crippen molar-refractivity contribution in [2.45, 2.75) is 51.9 Å². The molecule has 1 heterocycles. The van der Waals surface area contributed by atoms with Crippen molar-refractivity contribution < 1.29 is 14.4 Å². The lowest BCUT2D eigenvalue weighted by molar-refractivity contribution is 0.00578. The van der Waals surface area contributed by atoms with Crippen LogP contribution in [0.5, 0.6) is 0 Å². The molecule has 0 saturated carbocycles. The molecule has 0 radical (unpaired) electrons. The molecular weight excluding hydrogens is 179 g/mol. The summed E-state index contributed by atoms with van der Waals surface area (Å²) in [6, 6.07) is 0. The molecule has 0 bridgehead atoms. The minimum atomic E-state index is -0.607. The molecule has 1 unspecified atom stereocenters. The summed E-state index contributed by atoms with van der Waals surface area (Å²) in [5, 5.41) is 9.36. The van der Waals surface area contributed by atoms with Crippen LogP contribution in [-0.4, -0.2) is 29.5 Å². The molecule has 3 nitrogen and oxygen atoms in total. The molecule has 0 aromatic heterocycles. The van der Waals surface area contributed by atoms with Crippen molar-refractivity contribution in [2.24, 2.45) is 0 Å².